The Balaban J connectivity index is 1.62. The van der Waals surface area contributed by atoms with Crippen LogP contribution in [0.15, 0.2) is 12.4 Å². The van der Waals surface area contributed by atoms with Crippen molar-refractivity contribution < 1.29 is 4.79 Å². The van der Waals surface area contributed by atoms with Crippen molar-refractivity contribution in [2.24, 2.45) is 7.05 Å². The van der Waals surface area contributed by atoms with E-state index in [1.807, 2.05) is 26.4 Å². The average molecular weight is 306 g/mol. The molecular weight excluding hydrogens is 288 g/mol. The smallest absolute Gasteiger partial charge is 0.240 e. The van der Waals surface area contributed by atoms with Crippen molar-refractivity contribution in [2.75, 3.05) is 18.4 Å². The molecule has 1 saturated heterocycles. The summed E-state index contributed by atoms with van der Waals surface area (Å²) < 4.78 is 1.80. The standard InChI is InChI=1S/C13H18N6OS/c1-9-16-17-13(21-9)15-12(20)8-19-5-3-4-11(19)10-6-14-18(2)7-10/h6-7,11H,3-5,8H2,1-2H3,(H,15,17,20)/t11-/m0/s1. The number of aryl methyl sites for hydroxylation is 2. The summed E-state index contributed by atoms with van der Waals surface area (Å²) in [6, 6.07) is 0.278. The van der Waals surface area contributed by atoms with Crippen molar-refractivity contribution in [1.82, 2.24) is 24.9 Å². The first kappa shape index (κ1) is 14.2. The van der Waals surface area contributed by atoms with Crippen molar-refractivity contribution in [3.63, 3.8) is 0 Å². The molecule has 1 aliphatic heterocycles. The minimum absolute atomic E-state index is 0.0399. The summed E-state index contributed by atoms with van der Waals surface area (Å²) >= 11 is 1.39. The Morgan fingerprint density at radius 1 is 1.52 bits per heavy atom. The quantitative estimate of drug-likeness (QED) is 0.923. The number of hydrogen-bond acceptors (Lipinski definition) is 6. The van der Waals surface area contributed by atoms with Gasteiger partial charge in [0.15, 0.2) is 0 Å². The summed E-state index contributed by atoms with van der Waals surface area (Å²) in [4.78, 5) is 14.3. The van der Waals surface area contributed by atoms with Gasteiger partial charge in [0.1, 0.15) is 5.01 Å². The van der Waals surface area contributed by atoms with Crippen molar-refractivity contribution in [1.29, 1.82) is 0 Å². The Kier molecular flexibility index (Phi) is 3.98. The second-order valence-corrected chi connectivity index (χ2v) is 6.43. The highest BCUT2D eigenvalue weighted by atomic mass is 32.1. The lowest BCUT2D eigenvalue weighted by molar-refractivity contribution is -0.117. The number of rotatable bonds is 4. The fourth-order valence-corrected chi connectivity index (χ4v) is 3.30. The first-order valence-corrected chi connectivity index (χ1v) is 7.76. The molecule has 3 heterocycles. The maximum absolute atomic E-state index is 12.1. The summed E-state index contributed by atoms with van der Waals surface area (Å²) in [5.41, 5.74) is 1.18. The highest BCUT2D eigenvalue weighted by Crippen LogP contribution is 2.31. The maximum atomic E-state index is 12.1. The lowest BCUT2D eigenvalue weighted by atomic mass is 10.1. The third-order valence-electron chi connectivity index (χ3n) is 3.59. The Bertz CT molecular complexity index is 636. The molecule has 1 fully saturated rings. The molecule has 2 aromatic rings. The van der Waals surface area contributed by atoms with E-state index in [1.54, 1.807) is 4.68 Å². The summed E-state index contributed by atoms with van der Waals surface area (Å²) in [5.74, 6) is -0.0399. The molecule has 21 heavy (non-hydrogen) atoms. The Hall–Kier alpha value is -1.80. The molecule has 2 aromatic heterocycles. The number of nitrogens with zero attached hydrogens (tertiary/aromatic N) is 5. The van der Waals surface area contributed by atoms with Crippen LogP contribution in [0, 0.1) is 6.92 Å². The summed E-state index contributed by atoms with van der Waals surface area (Å²) in [6.07, 6.45) is 6.08. The van der Waals surface area contributed by atoms with Crippen molar-refractivity contribution in [3.05, 3.63) is 23.0 Å². The summed E-state index contributed by atoms with van der Waals surface area (Å²) in [5, 5.41) is 16.3. The third kappa shape index (κ3) is 3.27. The van der Waals surface area contributed by atoms with Crippen molar-refractivity contribution >= 4 is 22.4 Å². The van der Waals surface area contributed by atoms with Gasteiger partial charge in [-0.15, -0.1) is 10.2 Å². The van der Waals surface area contributed by atoms with Crippen molar-refractivity contribution in [3.8, 4) is 0 Å². The van der Waals surface area contributed by atoms with Crippen LogP contribution in [-0.2, 0) is 11.8 Å². The molecule has 0 saturated carbocycles. The predicted molar refractivity (Wildman–Crippen MR) is 80.0 cm³/mol. The van der Waals surface area contributed by atoms with E-state index in [0.717, 1.165) is 24.4 Å². The van der Waals surface area contributed by atoms with E-state index in [4.69, 9.17) is 0 Å². The summed E-state index contributed by atoms with van der Waals surface area (Å²) in [6.45, 7) is 3.17. The predicted octanol–water partition coefficient (Wildman–Crippen LogP) is 1.36. The second kappa shape index (κ2) is 5.90. The van der Waals surface area contributed by atoms with Crippen molar-refractivity contribution in [2.45, 2.75) is 25.8 Å². The van der Waals surface area contributed by atoms with Crippen LogP contribution in [-0.4, -0.2) is 43.9 Å². The zero-order valence-corrected chi connectivity index (χ0v) is 12.9. The van der Waals surface area contributed by atoms with Gasteiger partial charge in [0.05, 0.1) is 12.7 Å². The first-order valence-electron chi connectivity index (χ1n) is 6.94. The minimum Gasteiger partial charge on any atom is -0.299 e. The molecule has 0 unspecified atom stereocenters. The molecule has 0 spiro atoms. The number of aromatic nitrogens is 4. The summed E-state index contributed by atoms with van der Waals surface area (Å²) in [7, 11) is 1.91. The molecule has 112 valence electrons. The van der Waals surface area contributed by atoms with Crippen LogP contribution in [0.3, 0.4) is 0 Å². The van der Waals surface area contributed by atoms with E-state index in [2.05, 4.69) is 25.5 Å². The molecule has 1 N–H and O–H groups in total. The van der Waals surface area contributed by atoms with Crippen LogP contribution >= 0.6 is 11.3 Å². The van der Waals surface area contributed by atoms with Gasteiger partial charge in [0.2, 0.25) is 11.0 Å². The zero-order chi connectivity index (χ0) is 14.8. The average Bonchev–Trinajstić information content (AvgIpc) is 3.12. The van der Waals surface area contributed by atoms with Crippen LogP contribution in [0.25, 0.3) is 0 Å². The first-order chi connectivity index (χ1) is 10.1. The molecule has 3 rings (SSSR count). The topological polar surface area (TPSA) is 75.9 Å². The molecule has 8 heteroatoms. The molecule has 7 nitrogen and oxygen atoms in total. The molecule has 0 aliphatic carbocycles. The molecular formula is C13H18N6OS. The SMILES string of the molecule is Cc1nnc(NC(=O)CN2CCC[C@H]2c2cnn(C)c2)s1. The number of likely N-dealkylation sites (tertiary alicyclic amines) is 1. The molecule has 0 bridgehead atoms. The number of hydrogen-bond donors (Lipinski definition) is 1. The van der Waals surface area contributed by atoms with Crippen LogP contribution in [0.1, 0.15) is 29.5 Å². The maximum Gasteiger partial charge on any atom is 0.240 e. The number of carbonyl (C=O) groups is 1. The third-order valence-corrected chi connectivity index (χ3v) is 4.35. The van der Waals surface area contributed by atoms with E-state index in [0.29, 0.717) is 11.7 Å². The second-order valence-electron chi connectivity index (χ2n) is 5.25. The number of amides is 1. The largest absolute Gasteiger partial charge is 0.299 e. The van der Waals surface area contributed by atoms with E-state index < -0.39 is 0 Å². The van der Waals surface area contributed by atoms with Gasteiger partial charge in [0.25, 0.3) is 0 Å². The van der Waals surface area contributed by atoms with E-state index in [-0.39, 0.29) is 11.9 Å². The van der Waals surface area contributed by atoms with Crippen LogP contribution < -0.4 is 5.32 Å². The molecule has 1 aliphatic rings. The fourth-order valence-electron chi connectivity index (χ4n) is 2.70. The fraction of sp³-hybridized carbons (Fsp3) is 0.538. The van der Waals surface area contributed by atoms with Gasteiger partial charge in [-0.25, -0.2) is 0 Å². The van der Waals surface area contributed by atoms with E-state index in [9.17, 15) is 4.79 Å². The van der Waals surface area contributed by atoms with Gasteiger partial charge < -0.3 is 0 Å². The number of nitrogens with one attached hydrogen (secondary N) is 1. The lowest BCUT2D eigenvalue weighted by Gasteiger charge is -2.22. The highest BCUT2D eigenvalue weighted by molar-refractivity contribution is 7.15. The van der Waals surface area contributed by atoms with Gasteiger partial charge in [-0.3, -0.25) is 19.7 Å². The Morgan fingerprint density at radius 3 is 3.05 bits per heavy atom. The minimum atomic E-state index is -0.0399. The van der Waals surface area contributed by atoms with Gasteiger partial charge in [-0.1, -0.05) is 11.3 Å². The van der Waals surface area contributed by atoms with Crippen LogP contribution in [0.4, 0.5) is 5.13 Å². The monoisotopic (exact) mass is 306 g/mol. The van der Waals surface area contributed by atoms with E-state index >= 15 is 0 Å². The molecule has 0 aromatic carbocycles. The van der Waals surface area contributed by atoms with Crippen LogP contribution in [0.5, 0.6) is 0 Å². The zero-order valence-electron chi connectivity index (χ0n) is 12.1. The van der Waals surface area contributed by atoms with Gasteiger partial charge in [0, 0.05) is 24.8 Å². The van der Waals surface area contributed by atoms with Crippen LogP contribution in [0.2, 0.25) is 0 Å². The van der Waals surface area contributed by atoms with Gasteiger partial charge >= 0.3 is 0 Å². The lowest BCUT2D eigenvalue weighted by Crippen LogP contribution is -2.32. The van der Waals surface area contributed by atoms with Gasteiger partial charge in [-0.05, 0) is 26.3 Å². The molecule has 1 atom stereocenters. The Labute approximate surface area is 127 Å². The number of carbonyl (C=O) groups excluding carboxylic acids is 1. The highest BCUT2D eigenvalue weighted by Gasteiger charge is 2.28. The molecule has 0 radical (unpaired) electrons. The molecule has 1 amide bonds. The Morgan fingerprint density at radius 2 is 2.38 bits per heavy atom. The van der Waals surface area contributed by atoms with Gasteiger partial charge in [-0.2, -0.15) is 5.10 Å². The van der Waals surface area contributed by atoms with E-state index in [1.165, 1.54) is 16.9 Å². The normalized spacial score (nSPS) is 19.0. The number of anilines is 1.